The van der Waals surface area contributed by atoms with Gasteiger partial charge in [-0.15, -0.1) is 16.4 Å². The largest absolute Gasteiger partial charge is 0.321 e. The van der Waals surface area contributed by atoms with Crippen LogP contribution in [0.5, 0.6) is 0 Å². The van der Waals surface area contributed by atoms with Gasteiger partial charge in [0.25, 0.3) is 5.91 Å². The van der Waals surface area contributed by atoms with E-state index < -0.39 is 0 Å². The number of rotatable bonds is 6. The summed E-state index contributed by atoms with van der Waals surface area (Å²) in [5, 5.41) is 6.77. The van der Waals surface area contributed by atoms with E-state index in [1.807, 2.05) is 43.5 Å². The number of thiophene rings is 1. The second-order valence-corrected chi connectivity index (χ2v) is 7.85. The molecule has 0 bridgehead atoms. The van der Waals surface area contributed by atoms with Crippen LogP contribution in [0.25, 0.3) is 16.0 Å². The zero-order valence-corrected chi connectivity index (χ0v) is 17.5. The molecule has 0 aliphatic heterocycles. The summed E-state index contributed by atoms with van der Waals surface area (Å²) in [5.74, 6) is -0.186. The lowest BCUT2D eigenvalue weighted by molar-refractivity contribution is 0.103. The van der Waals surface area contributed by atoms with Crippen LogP contribution in [0.3, 0.4) is 0 Å². The van der Waals surface area contributed by atoms with Crippen molar-refractivity contribution in [2.24, 2.45) is 4.99 Å². The Morgan fingerprint density at radius 1 is 1.25 bits per heavy atom. The molecule has 0 unspecified atom stereocenters. The van der Waals surface area contributed by atoms with E-state index in [2.05, 4.69) is 39.5 Å². The third kappa shape index (κ3) is 4.32. The van der Waals surface area contributed by atoms with E-state index in [0.29, 0.717) is 10.6 Å². The average Bonchev–Trinajstić information content (AvgIpc) is 3.29. The van der Waals surface area contributed by atoms with Gasteiger partial charge in [-0.2, -0.15) is 0 Å². The molecular weight excluding hydrogens is 388 g/mol. The number of amides is 1. The van der Waals surface area contributed by atoms with Crippen molar-refractivity contribution < 1.29 is 4.79 Å². The van der Waals surface area contributed by atoms with Crippen molar-refractivity contribution in [3.63, 3.8) is 0 Å². The van der Waals surface area contributed by atoms with Gasteiger partial charge in [0.15, 0.2) is 0 Å². The summed E-state index contributed by atoms with van der Waals surface area (Å²) in [6.45, 7) is 9.49. The lowest BCUT2D eigenvalue weighted by Crippen LogP contribution is -2.11. The number of benzene rings is 1. The Kier molecular flexibility index (Phi) is 6.28. The molecule has 0 aliphatic carbocycles. The van der Waals surface area contributed by atoms with Crippen LogP contribution in [0.2, 0.25) is 0 Å². The Balaban J connectivity index is 1.80. The van der Waals surface area contributed by atoms with Crippen molar-refractivity contribution in [2.45, 2.75) is 20.8 Å². The second-order valence-electron chi connectivity index (χ2n) is 6.05. The number of aliphatic imine (C=N–C) groups is 1. The molecule has 0 radical (unpaired) electrons. The van der Waals surface area contributed by atoms with Crippen LogP contribution in [-0.2, 0) is 0 Å². The van der Waals surface area contributed by atoms with Gasteiger partial charge < -0.3 is 5.32 Å². The number of carbonyl (C=O) groups is 1. The molecule has 1 amide bonds. The Labute approximate surface area is 172 Å². The van der Waals surface area contributed by atoms with Gasteiger partial charge in [-0.3, -0.25) is 9.79 Å². The summed E-state index contributed by atoms with van der Waals surface area (Å²) < 4.78 is 3.80. The smallest absolute Gasteiger partial charge is 0.269 e. The van der Waals surface area contributed by atoms with E-state index in [1.165, 1.54) is 16.6 Å². The molecule has 3 aromatic rings. The van der Waals surface area contributed by atoms with Gasteiger partial charge in [-0.1, -0.05) is 29.3 Å². The number of anilines is 1. The van der Waals surface area contributed by atoms with E-state index in [0.717, 1.165) is 33.2 Å². The molecule has 142 valence electrons. The highest BCUT2D eigenvalue weighted by Gasteiger charge is 2.14. The summed E-state index contributed by atoms with van der Waals surface area (Å²) in [6.07, 6.45) is 5.38. The van der Waals surface area contributed by atoms with E-state index >= 15 is 0 Å². The molecule has 5 nitrogen and oxygen atoms in total. The number of hydrogen-bond donors (Lipinski definition) is 1. The maximum Gasteiger partial charge on any atom is 0.269 e. The summed E-state index contributed by atoms with van der Waals surface area (Å²) >= 11 is 2.82. The average molecular weight is 409 g/mol. The number of aromatic nitrogens is 2. The molecule has 2 aromatic heterocycles. The molecule has 28 heavy (non-hydrogen) atoms. The topological polar surface area (TPSA) is 67.2 Å². The van der Waals surface area contributed by atoms with Crippen LogP contribution in [-0.4, -0.2) is 21.7 Å². The van der Waals surface area contributed by atoms with Crippen LogP contribution < -0.4 is 5.32 Å². The SMILES string of the molecule is C=CN=C/C(=C\C)c1cc(C)c(-c2ccc(NC(=O)c3snnc3C)cc2)s1. The fraction of sp³-hybridized carbons (Fsp3) is 0.143. The maximum atomic E-state index is 12.3. The third-order valence-corrected chi connectivity index (χ3v) is 6.26. The van der Waals surface area contributed by atoms with Gasteiger partial charge in [0.2, 0.25) is 0 Å². The monoisotopic (exact) mass is 408 g/mol. The molecule has 0 fully saturated rings. The highest BCUT2D eigenvalue weighted by Crippen LogP contribution is 2.35. The lowest BCUT2D eigenvalue weighted by atomic mass is 10.1. The highest BCUT2D eigenvalue weighted by molar-refractivity contribution is 7.17. The predicted molar refractivity (Wildman–Crippen MR) is 119 cm³/mol. The van der Waals surface area contributed by atoms with Crippen molar-refractivity contribution in [2.75, 3.05) is 5.32 Å². The summed E-state index contributed by atoms with van der Waals surface area (Å²) in [5.41, 5.74) is 4.76. The van der Waals surface area contributed by atoms with Crippen molar-refractivity contribution in [3.8, 4) is 10.4 Å². The summed E-state index contributed by atoms with van der Waals surface area (Å²) in [4.78, 5) is 19.3. The number of aryl methyl sites for hydroxylation is 2. The van der Waals surface area contributed by atoms with Gasteiger partial charge in [0.1, 0.15) is 4.88 Å². The van der Waals surface area contributed by atoms with Crippen LogP contribution in [0.15, 0.2) is 54.2 Å². The molecule has 0 saturated carbocycles. The molecule has 3 rings (SSSR count). The van der Waals surface area contributed by atoms with Crippen LogP contribution in [0.1, 0.15) is 32.7 Å². The fourth-order valence-corrected chi connectivity index (χ4v) is 4.43. The molecule has 0 aliphatic rings. The van der Waals surface area contributed by atoms with Gasteiger partial charge in [-0.25, -0.2) is 0 Å². The quantitative estimate of drug-likeness (QED) is 0.528. The minimum absolute atomic E-state index is 0.186. The van der Waals surface area contributed by atoms with Gasteiger partial charge in [0.05, 0.1) is 5.69 Å². The van der Waals surface area contributed by atoms with E-state index in [1.54, 1.807) is 18.3 Å². The number of nitrogens with one attached hydrogen (secondary N) is 1. The molecule has 0 atom stereocenters. The zero-order valence-electron chi connectivity index (χ0n) is 15.9. The maximum absolute atomic E-state index is 12.3. The molecular formula is C21H20N4OS2. The van der Waals surface area contributed by atoms with Crippen molar-refractivity contribution >= 4 is 46.3 Å². The molecule has 1 N–H and O–H groups in total. The van der Waals surface area contributed by atoms with Gasteiger partial charge >= 0.3 is 0 Å². The minimum Gasteiger partial charge on any atom is -0.321 e. The molecule has 2 heterocycles. The first kappa shape index (κ1) is 19.9. The normalized spacial score (nSPS) is 11.8. The Hall–Kier alpha value is -2.90. The lowest BCUT2D eigenvalue weighted by Gasteiger charge is -2.05. The summed E-state index contributed by atoms with van der Waals surface area (Å²) in [6, 6.07) is 10.0. The van der Waals surface area contributed by atoms with Crippen LogP contribution in [0, 0.1) is 13.8 Å². The van der Waals surface area contributed by atoms with Gasteiger partial charge in [-0.05, 0) is 61.6 Å². The molecule has 7 heteroatoms. The van der Waals surface area contributed by atoms with E-state index in [9.17, 15) is 4.79 Å². The van der Waals surface area contributed by atoms with E-state index in [4.69, 9.17) is 0 Å². The van der Waals surface area contributed by atoms with E-state index in [-0.39, 0.29) is 5.91 Å². The zero-order chi connectivity index (χ0) is 20.1. The van der Waals surface area contributed by atoms with Crippen molar-refractivity contribution in [1.82, 2.24) is 9.59 Å². The minimum atomic E-state index is -0.186. The number of hydrogen-bond acceptors (Lipinski definition) is 6. The Morgan fingerprint density at radius 2 is 2.00 bits per heavy atom. The third-order valence-electron chi connectivity index (χ3n) is 4.10. The molecule has 0 spiro atoms. The molecule has 1 aromatic carbocycles. The van der Waals surface area contributed by atoms with Crippen molar-refractivity contribution in [1.29, 1.82) is 0 Å². The van der Waals surface area contributed by atoms with Crippen molar-refractivity contribution in [3.05, 3.63) is 70.2 Å². The van der Waals surface area contributed by atoms with Gasteiger partial charge in [0, 0.05) is 33.4 Å². The van der Waals surface area contributed by atoms with Crippen LogP contribution in [0.4, 0.5) is 5.69 Å². The molecule has 0 saturated heterocycles. The fourth-order valence-electron chi connectivity index (χ4n) is 2.66. The Morgan fingerprint density at radius 3 is 2.61 bits per heavy atom. The number of nitrogens with zero attached hydrogens (tertiary/aromatic N) is 3. The number of carbonyl (C=O) groups excluding carboxylic acids is 1. The first-order valence-corrected chi connectivity index (χ1v) is 10.2. The predicted octanol–water partition coefficient (Wildman–Crippen LogP) is 5.75. The number of allylic oxidation sites excluding steroid dienone is 2. The Bertz CT molecular complexity index is 1060. The second kappa shape index (κ2) is 8.86. The first-order chi connectivity index (χ1) is 13.5. The van der Waals surface area contributed by atoms with Crippen LogP contribution >= 0.6 is 22.9 Å². The highest BCUT2D eigenvalue weighted by atomic mass is 32.1. The first-order valence-electron chi connectivity index (χ1n) is 8.65. The standard InChI is InChI=1S/C21H20N4OS2/c1-5-15(12-22-6-2)18-11-13(3)19(27-18)16-7-9-17(10-8-16)23-21(26)20-14(4)24-25-28-20/h5-12H,2H2,1,3-4H3,(H,23,26)/b15-5+,22-12?. The summed E-state index contributed by atoms with van der Waals surface area (Å²) in [7, 11) is 0.